The predicted molar refractivity (Wildman–Crippen MR) is 64.9 cm³/mol. The highest BCUT2D eigenvalue weighted by atomic mass is 35.5. The standard InChI is InChI=1S/C9H11N3S.ClH/c10-9(11)12-7-5-13-8-4-2-1-3-6(7)8;/h1-5,9,12H,10-11H2;1H. The Kier molecular flexibility index (Phi) is 3.71. The molecule has 3 nitrogen and oxygen atoms in total. The number of anilines is 1. The molecule has 1 heterocycles. The van der Waals surface area contributed by atoms with Crippen LogP contribution in [-0.4, -0.2) is 6.29 Å². The third kappa shape index (κ3) is 2.16. The second-order valence-corrected chi connectivity index (χ2v) is 3.73. The number of hydrogen-bond acceptors (Lipinski definition) is 4. The fraction of sp³-hybridized carbons (Fsp3) is 0.111. The van der Waals surface area contributed by atoms with Gasteiger partial charge >= 0.3 is 0 Å². The zero-order valence-electron chi connectivity index (χ0n) is 7.44. The molecule has 0 spiro atoms. The smallest absolute Gasteiger partial charge is 0.127 e. The van der Waals surface area contributed by atoms with E-state index < -0.39 is 6.29 Å². The van der Waals surface area contributed by atoms with E-state index in [0.717, 1.165) is 5.69 Å². The van der Waals surface area contributed by atoms with Gasteiger partial charge in [0.25, 0.3) is 0 Å². The van der Waals surface area contributed by atoms with Crippen LogP contribution < -0.4 is 16.8 Å². The van der Waals surface area contributed by atoms with Gasteiger partial charge in [-0.15, -0.1) is 23.7 Å². The predicted octanol–water partition coefficient (Wildman–Crippen LogP) is 1.94. The number of halogens is 1. The summed E-state index contributed by atoms with van der Waals surface area (Å²) in [6, 6.07) is 8.15. The van der Waals surface area contributed by atoms with Crippen LogP contribution in [0.3, 0.4) is 0 Å². The molecule has 2 rings (SSSR count). The van der Waals surface area contributed by atoms with E-state index in [0.29, 0.717) is 0 Å². The average Bonchev–Trinajstić information content (AvgIpc) is 2.48. The van der Waals surface area contributed by atoms with Crippen molar-refractivity contribution >= 4 is 39.5 Å². The summed E-state index contributed by atoms with van der Waals surface area (Å²) in [6.07, 6.45) is -0.502. The molecule has 0 radical (unpaired) electrons. The summed E-state index contributed by atoms with van der Waals surface area (Å²) in [5.41, 5.74) is 11.9. The fourth-order valence-corrected chi connectivity index (χ4v) is 2.17. The molecule has 1 aromatic heterocycles. The Balaban J connectivity index is 0.000000980. The second-order valence-electron chi connectivity index (χ2n) is 2.82. The minimum Gasteiger partial charge on any atom is -0.357 e. The van der Waals surface area contributed by atoms with Gasteiger partial charge in [0.05, 0.1) is 5.69 Å². The summed E-state index contributed by atoms with van der Waals surface area (Å²) >= 11 is 1.68. The normalized spacial score (nSPS) is 10.2. The van der Waals surface area contributed by atoms with Gasteiger partial charge in [-0.05, 0) is 6.07 Å². The van der Waals surface area contributed by atoms with Crippen molar-refractivity contribution in [3.63, 3.8) is 0 Å². The van der Waals surface area contributed by atoms with Crippen LogP contribution in [0.2, 0.25) is 0 Å². The molecule has 0 aliphatic rings. The van der Waals surface area contributed by atoms with E-state index in [1.165, 1.54) is 10.1 Å². The van der Waals surface area contributed by atoms with E-state index in [1.807, 2.05) is 17.5 Å². The van der Waals surface area contributed by atoms with Crippen molar-refractivity contribution < 1.29 is 0 Å². The molecule has 1 aromatic carbocycles. The molecular weight excluding hydrogens is 218 g/mol. The number of hydrogen-bond donors (Lipinski definition) is 3. The summed E-state index contributed by atoms with van der Waals surface area (Å²) in [6.45, 7) is 0. The molecule has 0 aliphatic heterocycles. The van der Waals surface area contributed by atoms with Gasteiger partial charge in [-0.1, -0.05) is 18.2 Å². The van der Waals surface area contributed by atoms with Gasteiger partial charge in [0.15, 0.2) is 0 Å². The third-order valence-electron chi connectivity index (χ3n) is 1.80. The first-order chi connectivity index (χ1) is 6.27. The molecule has 0 unspecified atom stereocenters. The maximum Gasteiger partial charge on any atom is 0.127 e. The number of rotatable bonds is 2. The Morgan fingerprint density at radius 1 is 1.21 bits per heavy atom. The van der Waals surface area contributed by atoms with Gasteiger partial charge in [0.2, 0.25) is 0 Å². The van der Waals surface area contributed by atoms with Crippen LogP contribution >= 0.6 is 23.7 Å². The van der Waals surface area contributed by atoms with Gasteiger partial charge < -0.3 is 5.32 Å². The van der Waals surface area contributed by atoms with Crippen molar-refractivity contribution in [1.29, 1.82) is 0 Å². The molecule has 0 aliphatic carbocycles. The Bertz CT molecular complexity index is 413. The number of nitrogens with two attached hydrogens (primary N) is 2. The highest BCUT2D eigenvalue weighted by Gasteiger charge is 2.03. The summed E-state index contributed by atoms with van der Waals surface area (Å²) in [7, 11) is 0. The monoisotopic (exact) mass is 229 g/mol. The van der Waals surface area contributed by atoms with Crippen molar-refractivity contribution in [1.82, 2.24) is 0 Å². The summed E-state index contributed by atoms with van der Waals surface area (Å²) in [4.78, 5) is 0. The number of thiophene rings is 1. The SMILES string of the molecule is Cl.NC(N)Nc1csc2ccccc12. The number of benzene rings is 1. The highest BCUT2D eigenvalue weighted by molar-refractivity contribution is 7.17. The lowest BCUT2D eigenvalue weighted by Crippen LogP contribution is -2.38. The summed E-state index contributed by atoms with van der Waals surface area (Å²) in [5, 5.41) is 6.19. The molecule has 5 N–H and O–H groups in total. The molecule has 0 saturated carbocycles. The molecule has 0 amide bonds. The van der Waals surface area contributed by atoms with Crippen molar-refractivity contribution in [2.45, 2.75) is 6.29 Å². The molecule has 0 bridgehead atoms. The molecule has 76 valence electrons. The zero-order chi connectivity index (χ0) is 9.26. The van der Waals surface area contributed by atoms with Gasteiger partial charge in [0, 0.05) is 15.5 Å². The Labute approximate surface area is 92.5 Å². The van der Waals surface area contributed by atoms with Crippen LogP contribution in [0.1, 0.15) is 0 Å². The van der Waals surface area contributed by atoms with Crippen LogP contribution in [0.15, 0.2) is 29.6 Å². The van der Waals surface area contributed by atoms with Crippen LogP contribution in [0.5, 0.6) is 0 Å². The van der Waals surface area contributed by atoms with Crippen molar-refractivity contribution in [3.8, 4) is 0 Å². The van der Waals surface area contributed by atoms with Crippen LogP contribution in [-0.2, 0) is 0 Å². The second kappa shape index (κ2) is 4.61. The lowest BCUT2D eigenvalue weighted by molar-refractivity contribution is 0.810. The van der Waals surface area contributed by atoms with Gasteiger partial charge in [-0.3, -0.25) is 11.5 Å². The maximum atomic E-state index is 5.45. The first-order valence-electron chi connectivity index (χ1n) is 4.01. The van der Waals surface area contributed by atoms with Crippen LogP contribution in [0, 0.1) is 0 Å². The molecule has 0 atom stereocenters. The van der Waals surface area contributed by atoms with Crippen molar-refractivity contribution in [2.24, 2.45) is 11.5 Å². The molecule has 0 saturated heterocycles. The van der Waals surface area contributed by atoms with E-state index in [4.69, 9.17) is 11.5 Å². The van der Waals surface area contributed by atoms with E-state index in [2.05, 4.69) is 17.4 Å². The molecule has 2 aromatic rings. The Morgan fingerprint density at radius 3 is 2.64 bits per heavy atom. The van der Waals surface area contributed by atoms with Gasteiger partial charge in [0.1, 0.15) is 6.29 Å². The lowest BCUT2D eigenvalue weighted by Gasteiger charge is -2.07. The topological polar surface area (TPSA) is 64.1 Å². The Morgan fingerprint density at radius 2 is 1.93 bits per heavy atom. The van der Waals surface area contributed by atoms with Crippen molar-refractivity contribution in [2.75, 3.05) is 5.32 Å². The van der Waals surface area contributed by atoms with Gasteiger partial charge in [-0.2, -0.15) is 0 Å². The number of nitrogens with one attached hydrogen (secondary N) is 1. The van der Waals surface area contributed by atoms with E-state index in [1.54, 1.807) is 11.3 Å². The van der Waals surface area contributed by atoms with Crippen LogP contribution in [0.25, 0.3) is 10.1 Å². The average molecular weight is 230 g/mol. The summed E-state index contributed by atoms with van der Waals surface area (Å²) < 4.78 is 1.24. The lowest BCUT2D eigenvalue weighted by atomic mass is 10.2. The van der Waals surface area contributed by atoms with Crippen molar-refractivity contribution in [3.05, 3.63) is 29.6 Å². The summed E-state index contributed by atoms with van der Waals surface area (Å²) in [5.74, 6) is 0. The fourth-order valence-electron chi connectivity index (χ4n) is 1.27. The maximum absolute atomic E-state index is 5.45. The largest absolute Gasteiger partial charge is 0.357 e. The first-order valence-corrected chi connectivity index (χ1v) is 4.89. The van der Waals surface area contributed by atoms with E-state index in [9.17, 15) is 0 Å². The minimum atomic E-state index is -0.502. The number of fused-ring (bicyclic) bond motifs is 1. The third-order valence-corrected chi connectivity index (χ3v) is 2.77. The quantitative estimate of drug-likeness (QED) is 0.690. The molecule has 14 heavy (non-hydrogen) atoms. The van der Waals surface area contributed by atoms with Gasteiger partial charge in [-0.25, -0.2) is 0 Å². The first kappa shape index (κ1) is 11.3. The molecule has 5 heteroatoms. The highest BCUT2D eigenvalue weighted by Crippen LogP contribution is 2.29. The van der Waals surface area contributed by atoms with E-state index in [-0.39, 0.29) is 12.4 Å². The van der Waals surface area contributed by atoms with E-state index >= 15 is 0 Å². The van der Waals surface area contributed by atoms with Crippen LogP contribution in [0.4, 0.5) is 5.69 Å². The molecule has 0 fully saturated rings. The minimum absolute atomic E-state index is 0. The zero-order valence-corrected chi connectivity index (χ0v) is 9.07. The molecular formula is C9H12ClN3S. The Hall–Kier alpha value is -0.810.